The highest BCUT2D eigenvalue weighted by atomic mass is 32.2. The summed E-state index contributed by atoms with van der Waals surface area (Å²) in [4.78, 5) is 2.73. The van der Waals surface area contributed by atoms with Crippen molar-refractivity contribution < 1.29 is 0 Å². The Balaban J connectivity index is 2.55. The van der Waals surface area contributed by atoms with Gasteiger partial charge in [-0.1, -0.05) is 41.0 Å². The summed E-state index contributed by atoms with van der Waals surface area (Å²) in [6.45, 7) is 19.0. The predicted octanol–water partition coefficient (Wildman–Crippen LogP) is 3.86. The molecule has 1 aliphatic heterocycles. The van der Waals surface area contributed by atoms with Crippen LogP contribution in [0.1, 0.15) is 54.4 Å². The van der Waals surface area contributed by atoms with Crippen LogP contribution in [-0.4, -0.2) is 48.1 Å². The SMILES string of the molecule is CCCC(C)(CNCC(C)C)CN1CCSC(C)C1C. The van der Waals surface area contributed by atoms with Gasteiger partial charge in [0.25, 0.3) is 0 Å². The largest absolute Gasteiger partial charge is 0.316 e. The molecule has 20 heavy (non-hydrogen) atoms. The first-order chi connectivity index (χ1) is 9.38. The van der Waals surface area contributed by atoms with Gasteiger partial charge in [-0.25, -0.2) is 0 Å². The molecule has 3 heteroatoms. The summed E-state index contributed by atoms with van der Waals surface area (Å²) in [5, 5.41) is 4.47. The van der Waals surface area contributed by atoms with Gasteiger partial charge in [0.15, 0.2) is 0 Å². The Hall–Kier alpha value is 0.270. The van der Waals surface area contributed by atoms with E-state index in [0.29, 0.717) is 5.41 Å². The minimum Gasteiger partial charge on any atom is -0.316 e. The van der Waals surface area contributed by atoms with Crippen molar-refractivity contribution in [2.75, 3.05) is 31.9 Å². The monoisotopic (exact) mass is 300 g/mol. The highest BCUT2D eigenvalue weighted by molar-refractivity contribution is 8.00. The predicted molar refractivity (Wildman–Crippen MR) is 93.7 cm³/mol. The minimum atomic E-state index is 0.416. The molecule has 0 amide bonds. The Labute approximate surface area is 131 Å². The van der Waals surface area contributed by atoms with Gasteiger partial charge >= 0.3 is 0 Å². The zero-order valence-electron chi connectivity index (χ0n) is 14.5. The molecule has 0 aromatic carbocycles. The number of hydrogen-bond donors (Lipinski definition) is 1. The third-order valence-corrected chi connectivity index (χ3v) is 5.90. The standard InChI is InChI=1S/C17H36N2S/c1-7-8-17(6,12-18-11-14(2)3)13-19-9-10-20-16(5)15(19)4/h14-16,18H,7-13H2,1-6H3. The lowest BCUT2D eigenvalue weighted by molar-refractivity contribution is 0.118. The van der Waals surface area contributed by atoms with Crippen LogP contribution in [0.2, 0.25) is 0 Å². The lowest BCUT2D eigenvalue weighted by atomic mass is 9.84. The molecule has 0 aromatic rings. The van der Waals surface area contributed by atoms with E-state index in [0.717, 1.165) is 30.3 Å². The molecule has 2 nitrogen and oxygen atoms in total. The Kier molecular flexibility index (Phi) is 7.92. The maximum Gasteiger partial charge on any atom is 0.0184 e. The molecule has 0 spiro atoms. The maximum atomic E-state index is 3.69. The molecule has 0 aliphatic carbocycles. The molecule has 1 aliphatic rings. The molecule has 120 valence electrons. The van der Waals surface area contributed by atoms with E-state index >= 15 is 0 Å². The second-order valence-electron chi connectivity index (χ2n) is 7.37. The highest BCUT2D eigenvalue weighted by Gasteiger charge is 2.32. The first-order valence-electron chi connectivity index (χ1n) is 8.44. The summed E-state index contributed by atoms with van der Waals surface area (Å²) in [6.07, 6.45) is 2.61. The van der Waals surface area contributed by atoms with Crippen LogP contribution in [0, 0.1) is 11.3 Å². The minimum absolute atomic E-state index is 0.416. The van der Waals surface area contributed by atoms with Crippen molar-refractivity contribution in [3.63, 3.8) is 0 Å². The van der Waals surface area contributed by atoms with Gasteiger partial charge < -0.3 is 5.32 Å². The fraction of sp³-hybridized carbons (Fsp3) is 1.00. The smallest absolute Gasteiger partial charge is 0.0184 e. The average Bonchev–Trinajstić information content (AvgIpc) is 2.35. The van der Waals surface area contributed by atoms with Gasteiger partial charge in [-0.2, -0.15) is 11.8 Å². The summed E-state index contributed by atoms with van der Waals surface area (Å²) >= 11 is 2.13. The molecule has 0 radical (unpaired) electrons. The topological polar surface area (TPSA) is 15.3 Å². The van der Waals surface area contributed by atoms with Crippen molar-refractivity contribution in [3.05, 3.63) is 0 Å². The Bertz CT molecular complexity index is 270. The number of hydrogen-bond acceptors (Lipinski definition) is 3. The van der Waals surface area contributed by atoms with Crippen molar-refractivity contribution in [1.82, 2.24) is 10.2 Å². The summed E-state index contributed by atoms with van der Waals surface area (Å²) in [7, 11) is 0. The van der Waals surface area contributed by atoms with E-state index in [-0.39, 0.29) is 0 Å². The zero-order valence-corrected chi connectivity index (χ0v) is 15.4. The van der Waals surface area contributed by atoms with Crippen LogP contribution in [-0.2, 0) is 0 Å². The van der Waals surface area contributed by atoms with Gasteiger partial charge in [0.2, 0.25) is 0 Å². The third kappa shape index (κ3) is 5.95. The molecular formula is C17H36N2S. The van der Waals surface area contributed by atoms with Gasteiger partial charge in [0.1, 0.15) is 0 Å². The van der Waals surface area contributed by atoms with Crippen molar-refractivity contribution in [1.29, 1.82) is 0 Å². The average molecular weight is 301 g/mol. The molecule has 1 rings (SSSR count). The fourth-order valence-electron chi connectivity index (χ4n) is 3.20. The lowest BCUT2D eigenvalue weighted by Gasteiger charge is -2.43. The van der Waals surface area contributed by atoms with E-state index in [1.165, 1.54) is 31.7 Å². The second kappa shape index (κ2) is 8.65. The molecule has 1 heterocycles. The van der Waals surface area contributed by atoms with E-state index < -0.39 is 0 Å². The number of nitrogens with zero attached hydrogens (tertiary/aromatic N) is 1. The first kappa shape index (κ1) is 18.3. The van der Waals surface area contributed by atoms with Crippen molar-refractivity contribution in [2.45, 2.75) is 65.7 Å². The zero-order chi connectivity index (χ0) is 15.2. The summed E-state index contributed by atoms with van der Waals surface area (Å²) in [5.41, 5.74) is 0.416. The van der Waals surface area contributed by atoms with Crippen molar-refractivity contribution in [3.8, 4) is 0 Å². The molecule has 0 bridgehead atoms. The molecule has 0 aromatic heterocycles. The van der Waals surface area contributed by atoms with Crippen LogP contribution in [0.3, 0.4) is 0 Å². The Morgan fingerprint density at radius 2 is 2.05 bits per heavy atom. The van der Waals surface area contributed by atoms with Gasteiger partial charge in [-0.3, -0.25) is 4.90 Å². The van der Waals surface area contributed by atoms with Crippen LogP contribution >= 0.6 is 11.8 Å². The fourth-order valence-corrected chi connectivity index (χ4v) is 4.36. The molecule has 3 unspecified atom stereocenters. The maximum absolute atomic E-state index is 3.69. The summed E-state index contributed by atoms with van der Waals surface area (Å²) in [6, 6.07) is 0.718. The van der Waals surface area contributed by atoms with Gasteiger partial charge in [0, 0.05) is 36.7 Å². The van der Waals surface area contributed by atoms with E-state index in [1.54, 1.807) is 0 Å². The number of thioether (sulfide) groups is 1. The van der Waals surface area contributed by atoms with Crippen LogP contribution in [0.4, 0.5) is 0 Å². The number of rotatable bonds is 8. The quantitative estimate of drug-likeness (QED) is 0.732. The van der Waals surface area contributed by atoms with E-state index in [4.69, 9.17) is 0 Å². The molecule has 0 saturated carbocycles. The van der Waals surface area contributed by atoms with Crippen LogP contribution in [0.25, 0.3) is 0 Å². The van der Waals surface area contributed by atoms with Crippen molar-refractivity contribution in [2.24, 2.45) is 11.3 Å². The second-order valence-corrected chi connectivity index (χ2v) is 8.86. The highest BCUT2D eigenvalue weighted by Crippen LogP contribution is 2.30. The Morgan fingerprint density at radius 1 is 1.35 bits per heavy atom. The molecule has 1 fully saturated rings. The third-order valence-electron chi connectivity index (χ3n) is 4.56. The van der Waals surface area contributed by atoms with E-state index in [9.17, 15) is 0 Å². The Morgan fingerprint density at radius 3 is 2.65 bits per heavy atom. The molecular weight excluding hydrogens is 264 g/mol. The summed E-state index contributed by atoms with van der Waals surface area (Å²) < 4.78 is 0. The van der Waals surface area contributed by atoms with Gasteiger partial charge in [-0.05, 0) is 31.2 Å². The molecule has 3 atom stereocenters. The van der Waals surface area contributed by atoms with Crippen LogP contribution in [0.5, 0.6) is 0 Å². The van der Waals surface area contributed by atoms with Gasteiger partial charge in [0.05, 0.1) is 0 Å². The first-order valence-corrected chi connectivity index (χ1v) is 9.49. The summed E-state index contributed by atoms with van der Waals surface area (Å²) in [5.74, 6) is 2.04. The van der Waals surface area contributed by atoms with Crippen LogP contribution in [0.15, 0.2) is 0 Å². The number of nitrogens with one attached hydrogen (secondary N) is 1. The van der Waals surface area contributed by atoms with E-state index in [2.05, 4.69) is 63.5 Å². The normalized spacial score (nSPS) is 27.8. The van der Waals surface area contributed by atoms with E-state index in [1.807, 2.05) is 0 Å². The van der Waals surface area contributed by atoms with Crippen molar-refractivity contribution >= 4 is 11.8 Å². The molecule has 1 saturated heterocycles. The van der Waals surface area contributed by atoms with Crippen LogP contribution < -0.4 is 5.32 Å². The molecule has 1 N–H and O–H groups in total. The lowest BCUT2D eigenvalue weighted by Crippen LogP contribution is -2.51. The van der Waals surface area contributed by atoms with Gasteiger partial charge in [-0.15, -0.1) is 0 Å².